The van der Waals surface area contributed by atoms with Gasteiger partial charge in [-0.1, -0.05) is 0 Å². The van der Waals surface area contributed by atoms with Gasteiger partial charge in [0.15, 0.2) is 0 Å². The monoisotopic (exact) mass is 173 g/mol. The average Bonchev–Trinajstić information content (AvgIpc) is 2.10. The first kappa shape index (κ1) is 11.9. The van der Waals surface area contributed by atoms with E-state index in [1.54, 1.807) is 25.2 Å². The van der Waals surface area contributed by atoms with E-state index < -0.39 is 5.97 Å². The van der Waals surface area contributed by atoms with E-state index in [0.717, 1.165) is 0 Å². The van der Waals surface area contributed by atoms with Crippen LogP contribution in [0.4, 0.5) is 0 Å². The molecule has 0 aliphatic heterocycles. The third kappa shape index (κ3) is 5.23. The SMILES string of the molecule is [B][C@@H](C)/C=C(\C=C/C=[B])C(=O)OC. The summed E-state index contributed by atoms with van der Waals surface area (Å²) in [7, 11) is 11.9. The van der Waals surface area contributed by atoms with Crippen LogP contribution in [0.15, 0.2) is 23.8 Å². The summed E-state index contributed by atoms with van der Waals surface area (Å²) in [5, 5.41) is 0. The first-order valence-electron chi connectivity index (χ1n) is 3.89. The Morgan fingerprint density at radius 2 is 2.15 bits per heavy atom. The summed E-state index contributed by atoms with van der Waals surface area (Å²) in [6.45, 7) is 1.77. The molecule has 0 saturated carbocycles. The van der Waals surface area contributed by atoms with Gasteiger partial charge in [0.2, 0.25) is 0 Å². The topological polar surface area (TPSA) is 26.3 Å². The molecule has 65 valence electrons. The molecule has 0 fully saturated rings. The summed E-state index contributed by atoms with van der Waals surface area (Å²) in [6.07, 6.45) is 4.70. The van der Waals surface area contributed by atoms with Crippen molar-refractivity contribution in [2.75, 3.05) is 7.11 Å². The molecule has 0 spiro atoms. The van der Waals surface area contributed by atoms with Crippen LogP contribution in [0.2, 0.25) is 5.82 Å². The molecule has 0 bridgehead atoms. The fraction of sp³-hybridized carbons (Fsp3) is 0.333. The molecule has 0 aromatic rings. The molecule has 0 saturated heterocycles. The van der Waals surface area contributed by atoms with Gasteiger partial charge in [-0.25, -0.2) is 0 Å². The Labute approximate surface area is 81.1 Å². The zero-order valence-electron chi connectivity index (χ0n) is 7.86. The summed E-state index contributed by atoms with van der Waals surface area (Å²) >= 11 is 0. The van der Waals surface area contributed by atoms with Gasteiger partial charge in [-0.15, -0.1) is 0 Å². The van der Waals surface area contributed by atoms with Gasteiger partial charge >= 0.3 is 80.5 Å². The van der Waals surface area contributed by atoms with Crippen molar-refractivity contribution in [3.05, 3.63) is 23.8 Å². The molecule has 0 amide bonds. The van der Waals surface area contributed by atoms with Gasteiger partial charge in [-0.05, 0) is 0 Å². The summed E-state index contributed by atoms with van der Waals surface area (Å²) in [5.41, 5.74) is 0.402. The minimum atomic E-state index is -0.421. The summed E-state index contributed by atoms with van der Waals surface area (Å²) in [4.78, 5) is 11.1. The van der Waals surface area contributed by atoms with E-state index in [2.05, 4.69) is 4.74 Å². The van der Waals surface area contributed by atoms with E-state index in [1.165, 1.54) is 13.1 Å². The first-order chi connectivity index (χ1) is 6.11. The molecule has 2 nitrogen and oxygen atoms in total. The van der Waals surface area contributed by atoms with Gasteiger partial charge in [0.1, 0.15) is 0 Å². The summed E-state index contributed by atoms with van der Waals surface area (Å²) in [5.74, 6) is 0.713. The van der Waals surface area contributed by atoms with Crippen LogP contribution in [0.1, 0.15) is 6.92 Å². The Morgan fingerprint density at radius 1 is 1.54 bits per heavy atom. The van der Waals surface area contributed by atoms with Crippen LogP contribution in [-0.2, 0) is 9.53 Å². The number of ether oxygens (including phenoxy) is 1. The molecule has 0 unspecified atom stereocenters. The standard InChI is InChI=1S/C9H11B2O2/c1-7(11)6-8(4-3-5-10)9(12)13-2/h3-7H,1-2H3/b4-3-,8-6+/t7-/m0/s1. The van der Waals surface area contributed by atoms with E-state index in [-0.39, 0.29) is 5.82 Å². The van der Waals surface area contributed by atoms with E-state index in [0.29, 0.717) is 5.57 Å². The van der Waals surface area contributed by atoms with Crippen LogP contribution in [0, 0.1) is 0 Å². The van der Waals surface area contributed by atoms with Gasteiger partial charge in [0.25, 0.3) is 0 Å². The number of esters is 1. The third-order valence-corrected chi connectivity index (χ3v) is 1.25. The van der Waals surface area contributed by atoms with Crippen molar-refractivity contribution in [3.8, 4) is 0 Å². The molecule has 13 heavy (non-hydrogen) atoms. The van der Waals surface area contributed by atoms with Crippen LogP contribution in [-0.4, -0.2) is 34.4 Å². The number of allylic oxidation sites excluding steroid dienone is 2. The van der Waals surface area contributed by atoms with Gasteiger partial charge in [-0.2, -0.15) is 0 Å². The van der Waals surface area contributed by atoms with Gasteiger partial charge in [0.05, 0.1) is 0 Å². The van der Waals surface area contributed by atoms with E-state index in [4.69, 9.17) is 15.3 Å². The molecule has 0 aromatic heterocycles. The second-order valence-electron chi connectivity index (χ2n) is 2.52. The van der Waals surface area contributed by atoms with Crippen molar-refractivity contribution in [1.29, 1.82) is 0 Å². The molecule has 0 aromatic carbocycles. The fourth-order valence-corrected chi connectivity index (χ4v) is 0.752. The summed E-state index contributed by atoms with van der Waals surface area (Å²) in [6, 6.07) is 0. The van der Waals surface area contributed by atoms with Crippen LogP contribution < -0.4 is 0 Å². The van der Waals surface area contributed by atoms with Crippen LogP contribution in [0.25, 0.3) is 0 Å². The number of rotatable bonds is 4. The Bertz CT molecular complexity index is 242. The van der Waals surface area contributed by atoms with Crippen LogP contribution in [0.5, 0.6) is 0 Å². The predicted molar refractivity (Wildman–Crippen MR) is 56.2 cm³/mol. The Balaban J connectivity index is 4.64. The number of carbonyl (C=O) groups excluding carboxylic acids is 1. The fourth-order valence-electron chi connectivity index (χ4n) is 0.752. The normalized spacial score (nSPS) is 14.1. The Hall–Kier alpha value is -1.05. The second-order valence-corrected chi connectivity index (χ2v) is 2.52. The maximum atomic E-state index is 11.1. The summed E-state index contributed by atoms with van der Waals surface area (Å²) < 4.78 is 4.54. The molecule has 0 aliphatic carbocycles. The number of hydrogen-bond acceptors (Lipinski definition) is 2. The van der Waals surface area contributed by atoms with Crippen molar-refractivity contribution in [2.24, 2.45) is 0 Å². The van der Waals surface area contributed by atoms with Gasteiger partial charge in [-0.3, -0.25) is 0 Å². The van der Waals surface area contributed by atoms with Crippen molar-refractivity contribution in [3.63, 3.8) is 0 Å². The zero-order valence-corrected chi connectivity index (χ0v) is 7.86. The van der Waals surface area contributed by atoms with E-state index in [9.17, 15) is 4.79 Å². The van der Waals surface area contributed by atoms with Crippen molar-refractivity contribution in [2.45, 2.75) is 12.7 Å². The molecule has 4 heteroatoms. The van der Waals surface area contributed by atoms with Crippen molar-refractivity contribution in [1.82, 2.24) is 0 Å². The zero-order chi connectivity index (χ0) is 10.3. The molecule has 0 N–H and O–H groups in total. The number of carbonyl (C=O) groups is 1. The van der Waals surface area contributed by atoms with Crippen LogP contribution >= 0.6 is 0 Å². The van der Waals surface area contributed by atoms with E-state index >= 15 is 0 Å². The number of methoxy groups -OCH3 is 1. The molecule has 0 heterocycles. The minimum absolute atomic E-state index is 0.198. The number of hydrogen-bond donors (Lipinski definition) is 0. The maximum absolute atomic E-state index is 11.1. The molecule has 3 radical (unpaired) electrons. The van der Waals surface area contributed by atoms with Crippen LogP contribution in [0.3, 0.4) is 0 Å². The average molecular weight is 173 g/mol. The molecule has 0 rings (SSSR count). The molecule has 1 atom stereocenters. The second kappa shape index (κ2) is 6.46. The van der Waals surface area contributed by atoms with Gasteiger partial charge < -0.3 is 0 Å². The van der Waals surface area contributed by atoms with Crippen molar-refractivity contribution >= 4 is 27.3 Å². The van der Waals surface area contributed by atoms with Crippen molar-refractivity contribution < 1.29 is 9.53 Å². The first-order valence-corrected chi connectivity index (χ1v) is 3.89. The quantitative estimate of drug-likeness (QED) is 0.269. The predicted octanol–water partition coefficient (Wildman–Crippen LogP) is 0.590. The Kier molecular flexibility index (Phi) is 5.94. The molecular formula is C9H11B2O2. The molecule has 0 aliphatic rings. The van der Waals surface area contributed by atoms with E-state index in [1.807, 2.05) is 0 Å². The third-order valence-electron chi connectivity index (χ3n) is 1.25. The molecular weight excluding hydrogens is 162 g/mol. The Morgan fingerprint density at radius 3 is 2.54 bits per heavy atom. The van der Waals surface area contributed by atoms with Gasteiger partial charge in [0, 0.05) is 0 Å².